The van der Waals surface area contributed by atoms with Crippen LogP contribution in [-0.2, 0) is 16.1 Å². The molecule has 0 aliphatic carbocycles. The van der Waals surface area contributed by atoms with Gasteiger partial charge in [-0.2, -0.15) is 13.2 Å². The molecule has 0 saturated carbocycles. The normalized spacial score (nSPS) is 15.0. The lowest BCUT2D eigenvalue weighted by molar-refractivity contribution is -0.189. The van der Waals surface area contributed by atoms with Crippen LogP contribution < -0.4 is 9.64 Å². The van der Waals surface area contributed by atoms with Crippen LogP contribution in [0.25, 0.3) is 0 Å². The second kappa shape index (κ2) is 8.42. The molecule has 9 heteroatoms. The lowest BCUT2D eigenvalue weighted by Crippen LogP contribution is -2.32. The van der Waals surface area contributed by atoms with Crippen LogP contribution in [0.15, 0.2) is 48.5 Å². The minimum absolute atomic E-state index is 0.0656. The highest BCUT2D eigenvalue weighted by molar-refractivity contribution is 5.96. The Balaban J connectivity index is 1.86. The van der Waals surface area contributed by atoms with Gasteiger partial charge in [0.2, 0.25) is 0 Å². The minimum atomic E-state index is -4.61. The molecular formula is C20H18F3NO5. The Kier molecular flexibility index (Phi) is 5.95. The highest BCUT2D eigenvalue weighted by Crippen LogP contribution is 2.31. The summed E-state index contributed by atoms with van der Waals surface area (Å²) in [7, 11) is 0. The van der Waals surface area contributed by atoms with Crippen molar-refractivity contribution in [3.63, 3.8) is 0 Å². The van der Waals surface area contributed by atoms with Crippen molar-refractivity contribution < 1.29 is 37.0 Å². The SMILES string of the molecule is CC(Oc1ccc(N2CCOC2=O)cc1C(=O)OCc1ccccc1)C(F)(F)F. The molecule has 1 aliphatic heterocycles. The molecule has 1 amide bonds. The van der Waals surface area contributed by atoms with Crippen LogP contribution in [0, 0.1) is 0 Å². The molecule has 0 bridgehead atoms. The van der Waals surface area contributed by atoms with Crippen molar-refractivity contribution in [3.05, 3.63) is 59.7 Å². The van der Waals surface area contributed by atoms with E-state index in [1.165, 1.54) is 23.1 Å². The molecule has 0 radical (unpaired) electrons. The van der Waals surface area contributed by atoms with Crippen molar-refractivity contribution in [2.24, 2.45) is 0 Å². The third-order valence-electron chi connectivity index (χ3n) is 4.23. The quantitative estimate of drug-likeness (QED) is 0.665. The fraction of sp³-hybridized carbons (Fsp3) is 0.300. The number of alkyl halides is 3. The number of halogens is 3. The largest absolute Gasteiger partial charge is 0.480 e. The van der Waals surface area contributed by atoms with Crippen LogP contribution in [0.4, 0.5) is 23.7 Å². The summed E-state index contributed by atoms with van der Waals surface area (Å²) in [5, 5.41) is 0. The molecule has 3 rings (SSSR count). The van der Waals surface area contributed by atoms with E-state index < -0.39 is 24.3 Å². The molecule has 0 aromatic heterocycles. The van der Waals surface area contributed by atoms with E-state index in [1.54, 1.807) is 30.3 Å². The van der Waals surface area contributed by atoms with Gasteiger partial charge in [0.1, 0.15) is 24.5 Å². The van der Waals surface area contributed by atoms with Crippen molar-refractivity contribution in [1.29, 1.82) is 0 Å². The second-order valence-electron chi connectivity index (χ2n) is 6.31. The van der Waals surface area contributed by atoms with E-state index in [4.69, 9.17) is 14.2 Å². The van der Waals surface area contributed by atoms with Gasteiger partial charge in [-0.05, 0) is 30.7 Å². The predicted molar refractivity (Wildman–Crippen MR) is 96.8 cm³/mol. The maximum atomic E-state index is 12.9. The van der Waals surface area contributed by atoms with Crippen LogP contribution in [0.1, 0.15) is 22.8 Å². The average molecular weight is 409 g/mol. The lowest BCUT2D eigenvalue weighted by Gasteiger charge is -2.21. The predicted octanol–water partition coefficient (Wildman–Crippen LogP) is 4.33. The number of cyclic esters (lactones) is 1. The van der Waals surface area contributed by atoms with E-state index in [2.05, 4.69) is 0 Å². The van der Waals surface area contributed by atoms with E-state index in [9.17, 15) is 22.8 Å². The molecule has 1 saturated heterocycles. The molecule has 1 aliphatic rings. The summed E-state index contributed by atoms with van der Waals surface area (Å²) in [6.07, 6.45) is -7.35. The van der Waals surface area contributed by atoms with Crippen molar-refractivity contribution in [2.45, 2.75) is 25.8 Å². The molecule has 1 heterocycles. The van der Waals surface area contributed by atoms with E-state index >= 15 is 0 Å². The van der Waals surface area contributed by atoms with Crippen LogP contribution in [0.3, 0.4) is 0 Å². The van der Waals surface area contributed by atoms with Gasteiger partial charge in [-0.15, -0.1) is 0 Å². The van der Waals surface area contributed by atoms with Crippen molar-refractivity contribution in [3.8, 4) is 5.75 Å². The van der Waals surface area contributed by atoms with Gasteiger partial charge in [0, 0.05) is 5.69 Å². The number of ether oxygens (including phenoxy) is 3. The number of carbonyl (C=O) groups excluding carboxylic acids is 2. The first kappa shape index (κ1) is 20.5. The molecular weight excluding hydrogens is 391 g/mol. The smallest absolute Gasteiger partial charge is 0.425 e. The summed E-state index contributed by atoms with van der Waals surface area (Å²) < 4.78 is 53.8. The van der Waals surface area contributed by atoms with Crippen LogP contribution in [0.2, 0.25) is 0 Å². The van der Waals surface area contributed by atoms with Crippen molar-refractivity contribution in [2.75, 3.05) is 18.1 Å². The van der Waals surface area contributed by atoms with Gasteiger partial charge >= 0.3 is 18.2 Å². The van der Waals surface area contributed by atoms with Gasteiger partial charge in [-0.25, -0.2) is 9.59 Å². The zero-order chi connectivity index (χ0) is 21.0. The van der Waals surface area contributed by atoms with E-state index in [0.717, 1.165) is 6.92 Å². The Morgan fingerprint density at radius 1 is 1.21 bits per heavy atom. The fourth-order valence-corrected chi connectivity index (χ4v) is 2.63. The van der Waals surface area contributed by atoms with Crippen molar-refractivity contribution in [1.82, 2.24) is 0 Å². The first-order valence-electron chi connectivity index (χ1n) is 8.78. The molecule has 2 aromatic rings. The van der Waals surface area contributed by atoms with Gasteiger partial charge in [0.25, 0.3) is 0 Å². The van der Waals surface area contributed by atoms with E-state index in [-0.39, 0.29) is 31.1 Å². The molecule has 6 nitrogen and oxygen atoms in total. The number of esters is 1. The van der Waals surface area contributed by atoms with Crippen molar-refractivity contribution >= 4 is 17.7 Å². The molecule has 29 heavy (non-hydrogen) atoms. The Morgan fingerprint density at radius 3 is 2.55 bits per heavy atom. The first-order chi connectivity index (χ1) is 13.8. The molecule has 1 fully saturated rings. The van der Waals surface area contributed by atoms with Gasteiger partial charge in [-0.3, -0.25) is 4.90 Å². The highest BCUT2D eigenvalue weighted by Gasteiger charge is 2.39. The highest BCUT2D eigenvalue weighted by atomic mass is 19.4. The zero-order valence-corrected chi connectivity index (χ0v) is 15.4. The summed E-state index contributed by atoms with van der Waals surface area (Å²) in [6, 6.07) is 12.7. The number of benzene rings is 2. The molecule has 0 spiro atoms. The third kappa shape index (κ3) is 4.98. The van der Waals surface area contributed by atoms with Gasteiger partial charge < -0.3 is 14.2 Å². The molecule has 2 aromatic carbocycles. The summed E-state index contributed by atoms with van der Waals surface area (Å²) in [5.41, 5.74) is 0.798. The summed E-state index contributed by atoms with van der Waals surface area (Å²) in [4.78, 5) is 25.6. The number of nitrogens with zero attached hydrogens (tertiary/aromatic N) is 1. The number of amides is 1. The number of rotatable bonds is 6. The average Bonchev–Trinajstić information content (AvgIpc) is 3.12. The Labute approximate surface area is 164 Å². The Bertz CT molecular complexity index is 885. The van der Waals surface area contributed by atoms with E-state index in [0.29, 0.717) is 11.3 Å². The summed E-state index contributed by atoms with van der Waals surface area (Å²) in [5.74, 6) is -1.16. The Morgan fingerprint density at radius 2 is 1.93 bits per heavy atom. The topological polar surface area (TPSA) is 65.1 Å². The van der Waals surface area contributed by atoms with Crippen LogP contribution in [0.5, 0.6) is 5.75 Å². The lowest BCUT2D eigenvalue weighted by atomic mass is 10.1. The molecule has 1 unspecified atom stereocenters. The summed E-state index contributed by atoms with van der Waals surface area (Å²) >= 11 is 0. The van der Waals surface area contributed by atoms with Gasteiger partial charge in [0.05, 0.1) is 6.54 Å². The minimum Gasteiger partial charge on any atom is -0.480 e. The zero-order valence-electron chi connectivity index (χ0n) is 15.4. The molecule has 0 N–H and O–H groups in total. The maximum absolute atomic E-state index is 12.9. The number of anilines is 1. The van der Waals surface area contributed by atoms with Crippen LogP contribution >= 0.6 is 0 Å². The fourth-order valence-electron chi connectivity index (χ4n) is 2.63. The van der Waals surface area contributed by atoms with E-state index in [1.807, 2.05) is 0 Å². The Hall–Kier alpha value is -3.23. The monoisotopic (exact) mass is 409 g/mol. The molecule has 1 atom stereocenters. The molecule has 154 valence electrons. The standard InChI is InChI=1S/C20H18F3NO5/c1-13(20(21,22)23)29-17-8-7-15(24-9-10-27-19(24)26)11-16(17)18(25)28-12-14-5-3-2-4-6-14/h2-8,11,13H,9-10,12H2,1H3. The van der Waals surface area contributed by atoms with Crippen LogP contribution in [-0.4, -0.2) is 37.5 Å². The number of hydrogen-bond acceptors (Lipinski definition) is 5. The number of hydrogen-bond donors (Lipinski definition) is 0. The first-order valence-corrected chi connectivity index (χ1v) is 8.78. The third-order valence-corrected chi connectivity index (χ3v) is 4.23. The summed E-state index contributed by atoms with van der Waals surface area (Å²) in [6.45, 7) is 1.21. The maximum Gasteiger partial charge on any atom is 0.425 e. The van der Waals surface area contributed by atoms with Gasteiger partial charge in [-0.1, -0.05) is 30.3 Å². The number of carbonyl (C=O) groups is 2. The second-order valence-corrected chi connectivity index (χ2v) is 6.31. The van der Waals surface area contributed by atoms with Gasteiger partial charge in [0.15, 0.2) is 6.10 Å².